The molecule has 1 aromatic rings. The minimum Gasteiger partial charge on any atom is -0.478 e. The lowest BCUT2D eigenvalue weighted by Gasteiger charge is -2.17. The van der Waals surface area contributed by atoms with Gasteiger partial charge in [-0.15, -0.1) is 0 Å². The highest BCUT2D eigenvalue weighted by Crippen LogP contribution is 2.24. The number of carboxylic acids is 1. The number of hydrogen-bond donors (Lipinski definition) is 1. The minimum atomic E-state index is -0.884. The second kappa shape index (κ2) is 11.0. The van der Waals surface area contributed by atoms with Gasteiger partial charge in [-0.3, -0.25) is 0 Å². The number of benzene rings is 1. The van der Waals surface area contributed by atoms with Gasteiger partial charge in [-0.2, -0.15) is 0 Å². The van der Waals surface area contributed by atoms with Gasteiger partial charge in [-0.05, 0) is 66.9 Å². The van der Waals surface area contributed by atoms with E-state index in [2.05, 4.69) is 32.9 Å². The molecule has 0 atom stereocenters. The lowest BCUT2D eigenvalue weighted by Crippen LogP contribution is -2.03. The topological polar surface area (TPSA) is 37.3 Å². The first-order chi connectivity index (χ1) is 11.1. The van der Waals surface area contributed by atoms with E-state index in [-0.39, 0.29) is 0 Å². The summed E-state index contributed by atoms with van der Waals surface area (Å²) in [4.78, 5) is 10.8. The second-order valence-electron chi connectivity index (χ2n) is 6.30. The number of carbonyl (C=O) groups is 1. The van der Waals surface area contributed by atoms with Crippen LogP contribution in [0, 0.1) is 0 Å². The molecule has 1 N–H and O–H groups in total. The van der Waals surface area contributed by atoms with Crippen LogP contribution in [0.4, 0.5) is 0 Å². The average Bonchev–Trinajstić information content (AvgIpc) is 2.54. The molecule has 2 nitrogen and oxygen atoms in total. The Morgan fingerprint density at radius 2 is 1.39 bits per heavy atom. The molecule has 0 aliphatic heterocycles. The minimum absolute atomic E-state index is 0.884. The number of aryl methyl sites for hydroxylation is 2. The van der Waals surface area contributed by atoms with Gasteiger partial charge in [-0.1, -0.05) is 52.2 Å². The normalized spacial score (nSPS) is 11.3. The van der Waals surface area contributed by atoms with E-state index >= 15 is 0 Å². The predicted octanol–water partition coefficient (Wildman–Crippen LogP) is 5.81. The summed E-state index contributed by atoms with van der Waals surface area (Å²) < 4.78 is 0. The summed E-state index contributed by atoms with van der Waals surface area (Å²) in [7, 11) is 0. The van der Waals surface area contributed by atoms with Gasteiger partial charge in [0, 0.05) is 6.08 Å². The lowest BCUT2D eigenvalue weighted by molar-refractivity contribution is -0.131. The van der Waals surface area contributed by atoms with E-state index in [1.807, 2.05) is 0 Å². The van der Waals surface area contributed by atoms with Gasteiger partial charge < -0.3 is 5.11 Å². The van der Waals surface area contributed by atoms with Gasteiger partial charge in [0.2, 0.25) is 0 Å². The molecular formula is C21H32O2. The van der Waals surface area contributed by atoms with E-state index in [1.54, 1.807) is 6.08 Å². The van der Waals surface area contributed by atoms with Crippen LogP contribution in [0.25, 0.3) is 6.08 Å². The Morgan fingerprint density at radius 3 is 1.83 bits per heavy atom. The fourth-order valence-electron chi connectivity index (χ4n) is 2.94. The van der Waals surface area contributed by atoms with Crippen molar-refractivity contribution in [2.24, 2.45) is 0 Å². The third-order valence-electron chi connectivity index (χ3n) is 4.26. The lowest BCUT2D eigenvalue weighted by atomic mass is 9.89. The van der Waals surface area contributed by atoms with Gasteiger partial charge in [0.25, 0.3) is 0 Å². The second-order valence-corrected chi connectivity index (χ2v) is 6.30. The van der Waals surface area contributed by atoms with Crippen molar-refractivity contribution < 1.29 is 9.90 Å². The maximum Gasteiger partial charge on any atom is 0.328 e. The van der Waals surface area contributed by atoms with Crippen molar-refractivity contribution in [2.45, 2.75) is 78.6 Å². The van der Waals surface area contributed by atoms with Crippen molar-refractivity contribution in [2.75, 3.05) is 0 Å². The first-order valence-corrected chi connectivity index (χ1v) is 9.18. The number of unbranched alkanes of at least 4 members (excludes halogenated alkanes) is 3. The van der Waals surface area contributed by atoms with Gasteiger partial charge in [0.15, 0.2) is 0 Å². The molecule has 0 aromatic heterocycles. The SMILES string of the molecule is CCCCc1cc(C=CC(=O)O)cc(CCCC)c1CCCC. The molecule has 0 bridgehead atoms. The van der Waals surface area contributed by atoms with Gasteiger partial charge in [0.1, 0.15) is 0 Å². The van der Waals surface area contributed by atoms with Crippen LogP contribution in [0.2, 0.25) is 0 Å². The largest absolute Gasteiger partial charge is 0.478 e. The number of hydrogen-bond acceptors (Lipinski definition) is 1. The zero-order valence-corrected chi connectivity index (χ0v) is 15.0. The standard InChI is InChI=1S/C21H32O2/c1-4-7-10-18-15-17(13-14-21(22)23)16-19(11-8-5-2)20(18)12-9-6-3/h13-16H,4-12H2,1-3H3,(H,22,23). The Balaban J connectivity index is 3.21. The van der Waals surface area contributed by atoms with Crippen molar-refractivity contribution in [1.29, 1.82) is 0 Å². The van der Waals surface area contributed by atoms with Crippen LogP contribution in [-0.4, -0.2) is 11.1 Å². The molecular weight excluding hydrogens is 284 g/mol. The van der Waals surface area contributed by atoms with Crippen molar-refractivity contribution in [3.8, 4) is 0 Å². The van der Waals surface area contributed by atoms with Crippen LogP contribution >= 0.6 is 0 Å². The summed E-state index contributed by atoms with van der Waals surface area (Å²) in [5, 5.41) is 8.88. The van der Waals surface area contributed by atoms with E-state index in [0.717, 1.165) is 24.8 Å². The van der Waals surface area contributed by atoms with E-state index in [9.17, 15) is 4.79 Å². The average molecular weight is 316 g/mol. The molecule has 1 rings (SSSR count). The van der Waals surface area contributed by atoms with Crippen molar-refractivity contribution in [3.05, 3.63) is 40.5 Å². The molecule has 2 heteroatoms. The maximum absolute atomic E-state index is 10.8. The summed E-state index contributed by atoms with van der Waals surface area (Å²) in [6, 6.07) is 4.41. The van der Waals surface area contributed by atoms with E-state index in [1.165, 1.54) is 61.3 Å². The molecule has 23 heavy (non-hydrogen) atoms. The summed E-state index contributed by atoms with van der Waals surface area (Å²) in [5.74, 6) is -0.884. The van der Waals surface area contributed by atoms with Crippen LogP contribution in [0.3, 0.4) is 0 Å². The molecule has 0 saturated carbocycles. The molecule has 0 radical (unpaired) electrons. The van der Waals surface area contributed by atoms with E-state index in [0.29, 0.717) is 0 Å². The summed E-state index contributed by atoms with van der Waals surface area (Å²) in [6.07, 6.45) is 13.5. The first-order valence-electron chi connectivity index (χ1n) is 9.18. The first kappa shape index (κ1) is 19.5. The van der Waals surface area contributed by atoms with Crippen molar-refractivity contribution in [1.82, 2.24) is 0 Å². The van der Waals surface area contributed by atoms with Gasteiger partial charge >= 0.3 is 5.97 Å². The maximum atomic E-state index is 10.8. The summed E-state index contributed by atoms with van der Waals surface area (Å²) in [6.45, 7) is 6.68. The third-order valence-corrected chi connectivity index (χ3v) is 4.26. The zero-order chi connectivity index (χ0) is 17.1. The molecule has 0 saturated heterocycles. The van der Waals surface area contributed by atoms with Crippen LogP contribution < -0.4 is 0 Å². The Bertz CT molecular complexity index is 486. The predicted molar refractivity (Wildman–Crippen MR) is 98.9 cm³/mol. The van der Waals surface area contributed by atoms with Gasteiger partial charge in [-0.25, -0.2) is 4.79 Å². The molecule has 0 spiro atoms. The van der Waals surface area contributed by atoms with Crippen molar-refractivity contribution >= 4 is 12.0 Å². The van der Waals surface area contributed by atoms with Crippen LogP contribution in [0.1, 0.15) is 81.5 Å². The smallest absolute Gasteiger partial charge is 0.328 e. The molecule has 0 heterocycles. The Hall–Kier alpha value is -1.57. The van der Waals surface area contributed by atoms with Crippen LogP contribution in [-0.2, 0) is 24.1 Å². The summed E-state index contributed by atoms with van der Waals surface area (Å²) >= 11 is 0. The molecule has 0 fully saturated rings. The Kier molecular flexibility index (Phi) is 9.35. The van der Waals surface area contributed by atoms with Crippen LogP contribution in [0.15, 0.2) is 18.2 Å². The molecule has 128 valence electrons. The third kappa shape index (κ3) is 7.02. The van der Waals surface area contributed by atoms with Crippen LogP contribution in [0.5, 0.6) is 0 Å². The fourth-order valence-corrected chi connectivity index (χ4v) is 2.94. The summed E-state index contributed by atoms with van der Waals surface area (Å²) in [5.41, 5.74) is 5.42. The van der Waals surface area contributed by atoms with E-state index < -0.39 is 5.97 Å². The molecule has 0 aliphatic rings. The molecule has 0 unspecified atom stereocenters. The quantitative estimate of drug-likeness (QED) is 0.523. The highest BCUT2D eigenvalue weighted by Gasteiger charge is 2.10. The Morgan fingerprint density at radius 1 is 0.913 bits per heavy atom. The van der Waals surface area contributed by atoms with E-state index in [4.69, 9.17) is 5.11 Å². The fraction of sp³-hybridized carbons (Fsp3) is 0.571. The Labute approximate surface area is 141 Å². The highest BCUT2D eigenvalue weighted by molar-refractivity contribution is 5.85. The molecule has 0 aliphatic carbocycles. The number of aliphatic carboxylic acids is 1. The highest BCUT2D eigenvalue weighted by atomic mass is 16.4. The molecule has 0 amide bonds. The zero-order valence-electron chi connectivity index (χ0n) is 15.0. The molecule has 1 aromatic carbocycles. The number of rotatable bonds is 11. The monoisotopic (exact) mass is 316 g/mol. The van der Waals surface area contributed by atoms with Crippen molar-refractivity contribution in [3.63, 3.8) is 0 Å². The van der Waals surface area contributed by atoms with Gasteiger partial charge in [0.05, 0.1) is 0 Å². The number of carboxylic acid groups (broad SMARTS) is 1.